The molecule has 6 heteroatoms. The summed E-state index contributed by atoms with van der Waals surface area (Å²) in [6, 6.07) is 11.6. The first-order valence-electron chi connectivity index (χ1n) is 7.55. The summed E-state index contributed by atoms with van der Waals surface area (Å²) in [5, 5.41) is 6.71. The van der Waals surface area contributed by atoms with E-state index >= 15 is 0 Å². The van der Waals surface area contributed by atoms with E-state index in [1.54, 1.807) is 12.3 Å². The third-order valence-electron chi connectivity index (χ3n) is 3.41. The first-order valence-corrected chi connectivity index (χ1v) is 7.93. The number of carbonyl (C=O) groups excluding carboxylic acids is 1. The average molecular weight is 332 g/mol. The Bertz CT molecular complexity index is 672. The molecule has 120 valence electrons. The minimum Gasteiger partial charge on any atom is -0.484 e. The highest BCUT2D eigenvalue weighted by atomic mass is 35.5. The number of hydrogen-bond donors (Lipinski definition) is 2. The zero-order valence-corrected chi connectivity index (χ0v) is 13.3. The molecule has 1 fully saturated rings. The summed E-state index contributed by atoms with van der Waals surface area (Å²) in [5.74, 6) is 1.37. The SMILES string of the molecule is O=C(COc1cccc(CNc2ccc(Cl)cn2)c1)NC1CC1. The normalized spacial score (nSPS) is 13.4. The number of anilines is 1. The second-order valence-electron chi connectivity index (χ2n) is 5.49. The van der Waals surface area contributed by atoms with Gasteiger partial charge in [0.05, 0.1) is 5.02 Å². The molecule has 0 atom stereocenters. The van der Waals surface area contributed by atoms with Crippen LogP contribution in [0.5, 0.6) is 5.75 Å². The maximum absolute atomic E-state index is 11.6. The van der Waals surface area contributed by atoms with Gasteiger partial charge in [-0.1, -0.05) is 23.7 Å². The van der Waals surface area contributed by atoms with Gasteiger partial charge >= 0.3 is 0 Å². The zero-order valence-electron chi connectivity index (χ0n) is 12.6. The molecule has 1 aromatic heterocycles. The van der Waals surface area contributed by atoms with E-state index in [4.69, 9.17) is 16.3 Å². The van der Waals surface area contributed by atoms with Crippen LogP contribution in [0.25, 0.3) is 0 Å². The lowest BCUT2D eigenvalue weighted by atomic mass is 10.2. The number of nitrogens with one attached hydrogen (secondary N) is 2. The molecular weight excluding hydrogens is 314 g/mol. The third kappa shape index (κ3) is 5.14. The van der Waals surface area contributed by atoms with Gasteiger partial charge in [-0.15, -0.1) is 0 Å². The van der Waals surface area contributed by atoms with E-state index in [0.29, 0.717) is 23.4 Å². The fourth-order valence-electron chi connectivity index (χ4n) is 2.06. The molecule has 1 saturated carbocycles. The average Bonchev–Trinajstić information content (AvgIpc) is 3.37. The Morgan fingerprint density at radius 2 is 2.17 bits per heavy atom. The minimum absolute atomic E-state index is 0.0477. The Balaban J connectivity index is 1.50. The lowest BCUT2D eigenvalue weighted by Crippen LogP contribution is -2.30. The van der Waals surface area contributed by atoms with Gasteiger partial charge in [0, 0.05) is 18.8 Å². The predicted octanol–water partition coefficient (Wildman–Crippen LogP) is 3.00. The first-order chi connectivity index (χ1) is 11.2. The maximum atomic E-state index is 11.6. The standard InChI is InChI=1S/C17H18ClN3O2/c18-13-4-7-16(20-10-13)19-9-12-2-1-3-15(8-12)23-11-17(22)21-14-5-6-14/h1-4,7-8,10,14H,5-6,9,11H2,(H,19,20)(H,21,22). The number of rotatable bonds is 7. The molecular formula is C17H18ClN3O2. The highest BCUT2D eigenvalue weighted by Crippen LogP contribution is 2.19. The van der Waals surface area contributed by atoms with Gasteiger partial charge in [-0.25, -0.2) is 4.98 Å². The van der Waals surface area contributed by atoms with Crippen LogP contribution in [0.1, 0.15) is 18.4 Å². The molecule has 5 nitrogen and oxygen atoms in total. The highest BCUT2D eigenvalue weighted by molar-refractivity contribution is 6.30. The molecule has 1 aliphatic rings. The second kappa shape index (κ2) is 7.33. The van der Waals surface area contributed by atoms with E-state index < -0.39 is 0 Å². The van der Waals surface area contributed by atoms with Crippen molar-refractivity contribution >= 4 is 23.3 Å². The van der Waals surface area contributed by atoms with Crippen LogP contribution in [0.2, 0.25) is 5.02 Å². The number of aromatic nitrogens is 1. The summed E-state index contributed by atoms with van der Waals surface area (Å²) in [7, 11) is 0. The van der Waals surface area contributed by atoms with Crippen molar-refractivity contribution in [2.24, 2.45) is 0 Å². The molecule has 0 unspecified atom stereocenters. The van der Waals surface area contributed by atoms with Crippen LogP contribution in [-0.2, 0) is 11.3 Å². The molecule has 0 aliphatic heterocycles. The summed E-state index contributed by atoms with van der Waals surface area (Å²) in [6.45, 7) is 0.659. The summed E-state index contributed by atoms with van der Waals surface area (Å²) in [5.41, 5.74) is 1.04. The van der Waals surface area contributed by atoms with Crippen LogP contribution in [0.15, 0.2) is 42.6 Å². The van der Waals surface area contributed by atoms with Gasteiger partial charge in [0.1, 0.15) is 11.6 Å². The number of carbonyl (C=O) groups is 1. The first kappa shape index (κ1) is 15.6. The lowest BCUT2D eigenvalue weighted by molar-refractivity contribution is -0.123. The molecule has 3 rings (SSSR count). The fraction of sp³-hybridized carbons (Fsp3) is 0.294. The van der Waals surface area contributed by atoms with Crippen LogP contribution in [0.3, 0.4) is 0 Å². The van der Waals surface area contributed by atoms with Crippen molar-refractivity contribution in [1.29, 1.82) is 0 Å². The number of halogens is 1. The molecule has 1 aliphatic carbocycles. The Kier molecular flexibility index (Phi) is 4.98. The summed E-state index contributed by atoms with van der Waals surface area (Å²) in [6.07, 6.45) is 3.75. The van der Waals surface area contributed by atoms with Gasteiger partial charge in [-0.3, -0.25) is 4.79 Å². The maximum Gasteiger partial charge on any atom is 0.258 e. The van der Waals surface area contributed by atoms with Crippen molar-refractivity contribution in [3.05, 3.63) is 53.2 Å². The van der Waals surface area contributed by atoms with Crippen LogP contribution >= 0.6 is 11.6 Å². The largest absolute Gasteiger partial charge is 0.484 e. The van der Waals surface area contributed by atoms with E-state index in [1.165, 1.54) is 0 Å². The van der Waals surface area contributed by atoms with Crippen molar-refractivity contribution in [3.63, 3.8) is 0 Å². The highest BCUT2D eigenvalue weighted by Gasteiger charge is 2.23. The number of nitrogens with zero attached hydrogens (tertiary/aromatic N) is 1. The van der Waals surface area contributed by atoms with E-state index in [0.717, 1.165) is 24.2 Å². The quantitative estimate of drug-likeness (QED) is 0.818. The summed E-state index contributed by atoms with van der Waals surface area (Å²) < 4.78 is 5.53. The van der Waals surface area contributed by atoms with Gasteiger partial charge in [-0.05, 0) is 42.7 Å². The molecule has 2 aromatic rings. The topological polar surface area (TPSA) is 63.2 Å². The van der Waals surface area contributed by atoms with Gasteiger partial charge in [-0.2, -0.15) is 0 Å². The van der Waals surface area contributed by atoms with Crippen molar-refractivity contribution in [2.45, 2.75) is 25.4 Å². The number of hydrogen-bond acceptors (Lipinski definition) is 4. The van der Waals surface area contributed by atoms with Crippen molar-refractivity contribution in [3.8, 4) is 5.75 Å². The summed E-state index contributed by atoms with van der Waals surface area (Å²) in [4.78, 5) is 15.8. The molecule has 1 heterocycles. The number of ether oxygens (including phenoxy) is 1. The molecule has 1 aromatic carbocycles. The molecule has 0 saturated heterocycles. The van der Waals surface area contributed by atoms with Crippen molar-refractivity contribution in [1.82, 2.24) is 10.3 Å². The molecule has 0 bridgehead atoms. The lowest BCUT2D eigenvalue weighted by Gasteiger charge is -2.09. The van der Waals surface area contributed by atoms with Crippen LogP contribution in [0.4, 0.5) is 5.82 Å². The summed E-state index contributed by atoms with van der Waals surface area (Å²) >= 11 is 5.81. The van der Waals surface area contributed by atoms with E-state index in [1.807, 2.05) is 30.3 Å². The Hall–Kier alpha value is -2.27. The number of amides is 1. The minimum atomic E-state index is -0.0682. The van der Waals surface area contributed by atoms with Crippen molar-refractivity contribution < 1.29 is 9.53 Å². The molecule has 1 amide bonds. The molecule has 23 heavy (non-hydrogen) atoms. The van der Waals surface area contributed by atoms with Crippen LogP contribution < -0.4 is 15.4 Å². The number of pyridine rings is 1. The Morgan fingerprint density at radius 1 is 1.30 bits per heavy atom. The molecule has 2 N–H and O–H groups in total. The van der Waals surface area contributed by atoms with Gasteiger partial charge in [0.25, 0.3) is 5.91 Å². The predicted molar refractivity (Wildman–Crippen MR) is 89.7 cm³/mol. The Labute approximate surface area is 140 Å². The smallest absolute Gasteiger partial charge is 0.258 e. The van der Waals surface area contributed by atoms with Crippen LogP contribution in [-0.4, -0.2) is 23.5 Å². The van der Waals surface area contributed by atoms with Gasteiger partial charge < -0.3 is 15.4 Å². The fourth-order valence-corrected chi connectivity index (χ4v) is 2.18. The van der Waals surface area contributed by atoms with E-state index in [-0.39, 0.29) is 12.5 Å². The third-order valence-corrected chi connectivity index (χ3v) is 3.64. The van der Waals surface area contributed by atoms with Gasteiger partial charge in [0.15, 0.2) is 6.61 Å². The molecule has 0 radical (unpaired) electrons. The monoisotopic (exact) mass is 331 g/mol. The van der Waals surface area contributed by atoms with Crippen LogP contribution in [0, 0.1) is 0 Å². The van der Waals surface area contributed by atoms with Crippen molar-refractivity contribution in [2.75, 3.05) is 11.9 Å². The second-order valence-corrected chi connectivity index (χ2v) is 5.93. The zero-order chi connectivity index (χ0) is 16.1. The number of benzene rings is 1. The van der Waals surface area contributed by atoms with E-state index in [9.17, 15) is 4.79 Å². The Morgan fingerprint density at radius 3 is 2.91 bits per heavy atom. The van der Waals surface area contributed by atoms with E-state index in [2.05, 4.69) is 15.6 Å². The molecule has 0 spiro atoms. The van der Waals surface area contributed by atoms with Gasteiger partial charge in [0.2, 0.25) is 0 Å².